The lowest BCUT2D eigenvalue weighted by molar-refractivity contribution is -0.133. The molecular weight excluding hydrogens is 368 g/mol. The molecule has 1 aromatic rings. The van der Waals surface area contributed by atoms with Crippen LogP contribution >= 0.6 is 0 Å². The van der Waals surface area contributed by atoms with E-state index >= 15 is 0 Å². The monoisotopic (exact) mass is 393 g/mol. The van der Waals surface area contributed by atoms with E-state index in [2.05, 4.69) is 4.90 Å². The predicted molar refractivity (Wildman–Crippen MR) is 97.6 cm³/mol. The van der Waals surface area contributed by atoms with Crippen molar-refractivity contribution in [1.29, 1.82) is 5.26 Å². The lowest BCUT2D eigenvalue weighted by Gasteiger charge is -2.52. The summed E-state index contributed by atoms with van der Waals surface area (Å²) < 4.78 is 39.3. The molecular formula is C20H25F2N3O3. The molecule has 0 aromatic heterocycles. The first kappa shape index (κ1) is 20.5. The minimum atomic E-state index is -0.885. The van der Waals surface area contributed by atoms with Crippen molar-refractivity contribution in [3.8, 4) is 6.07 Å². The van der Waals surface area contributed by atoms with Crippen LogP contribution in [-0.2, 0) is 9.47 Å². The molecule has 0 spiro atoms. The molecule has 3 rings (SSSR count). The zero-order chi connectivity index (χ0) is 20.7. The number of amides is 1. The Morgan fingerprint density at radius 2 is 1.96 bits per heavy atom. The Bertz CT molecular complexity index is 795. The molecule has 2 saturated heterocycles. The minimum absolute atomic E-state index is 0.306. The van der Waals surface area contributed by atoms with Crippen LogP contribution in [0.25, 0.3) is 0 Å². The fourth-order valence-electron chi connectivity index (χ4n) is 3.65. The Balaban J connectivity index is 1.71. The summed E-state index contributed by atoms with van der Waals surface area (Å²) in [6, 6.07) is 3.84. The van der Waals surface area contributed by atoms with Gasteiger partial charge in [-0.2, -0.15) is 5.26 Å². The SMILES string of the molecule is CC(C)(C)OC(=O)N1CCN2C[C@@H](c3cc(F)c(C#N)c(F)c3)OC[C@]2(C)C1. The highest BCUT2D eigenvalue weighted by Gasteiger charge is 2.45. The number of nitriles is 1. The molecule has 152 valence electrons. The topological polar surface area (TPSA) is 65.8 Å². The third-order valence-corrected chi connectivity index (χ3v) is 5.12. The third kappa shape index (κ3) is 4.10. The molecule has 28 heavy (non-hydrogen) atoms. The van der Waals surface area contributed by atoms with E-state index in [9.17, 15) is 13.6 Å². The van der Waals surface area contributed by atoms with Crippen LogP contribution in [0.5, 0.6) is 0 Å². The third-order valence-electron chi connectivity index (χ3n) is 5.12. The Morgan fingerprint density at radius 1 is 1.32 bits per heavy atom. The Kier molecular flexibility index (Phi) is 5.34. The number of ether oxygens (including phenoxy) is 2. The van der Waals surface area contributed by atoms with Crippen molar-refractivity contribution in [2.45, 2.75) is 44.9 Å². The van der Waals surface area contributed by atoms with Gasteiger partial charge in [0.2, 0.25) is 0 Å². The molecule has 2 atom stereocenters. The first-order valence-electron chi connectivity index (χ1n) is 9.26. The number of benzene rings is 1. The van der Waals surface area contributed by atoms with Gasteiger partial charge in [-0.25, -0.2) is 13.6 Å². The smallest absolute Gasteiger partial charge is 0.410 e. The summed E-state index contributed by atoms with van der Waals surface area (Å²) in [5, 5.41) is 8.82. The molecule has 2 aliphatic rings. The summed E-state index contributed by atoms with van der Waals surface area (Å²) in [5.41, 5.74) is -1.19. The van der Waals surface area contributed by atoms with E-state index in [1.807, 2.05) is 27.7 Å². The minimum Gasteiger partial charge on any atom is -0.444 e. The van der Waals surface area contributed by atoms with E-state index in [0.29, 0.717) is 38.3 Å². The number of carbonyl (C=O) groups excluding carboxylic acids is 1. The molecule has 0 N–H and O–H groups in total. The van der Waals surface area contributed by atoms with Crippen LogP contribution in [0.15, 0.2) is 12.1 Å². The van der Waals surface area contributed by atoms with Crippen LogP contribution in [0.1, 0.15) is 44.9 Å². The summed E-state index contributed by atoms with van der Waals surface area (Å²) >= 11 is 0. The standard InChI is InChI=1S/C20H25F2N3O3/c1-19(2,3)28-18(26)24-5-6-25-10-17(27-12-20(25,4)11-24)13-7-15(21)14(9-23)16(22)8-13/h7-8,17H,5-6,10-12H2,1-4H3/t17-,20-/m0/s1. The molecule has 1 aromatic carbocycles. The number of piperazine rings is 1. The van der Waals surface area contributed by atoms with Crippen molar-refractivity contribution in [2.24, 2.45) is 0 Å². The summed E-state index contributed by atoms with van der Waals surface area (Å²) in [7, 11) is 0. The highest BCUT2D eigenvalue weighted by molar-refractivity contribution is 5.68. The summed E-state index contributed by atoms with van der Waals surface area (Å²) in [6.45, 7) is 9.80. The molecule has 1 amide bonds. The van der Waals surface area contributed by atoms with Crippen molar-refractivity contribution in [3.63, 3.8) is 0 Å². The van der Waals surface area contributed by atoms with Crippen LogP contribution < -0.4 is 0 Å². The van der Waals surface area contributed by atoms with Crippen molar-refractivity contribution in [3.05, 3.63) is 34.9 Å². The maximum atomic E-state index is 14.0. The highest BCUT2D eigenvalue weighted by Crippen LogP contribution is 2.34. The average molecular weight is 393 g/mol. The fourth-order valence-corrected chi connectivity index (χ4v) is 3.65. The van der Waals surface area contributed by atoms with Crippen molar-refractivity contribution >= 4 is 6.09 Å². The Hall–Kier alpha value is -2.24. The molecule has 2 fully saturated rings. The van der Waals surface area contributed by atoms with Gasteiger partial charge < -0.3 is 14.4 Å². The van der Waals surface area contributed by atoms with Crippen LogP contribution in [0.2, 0.25) is 0 Å². The molecule has 6 nitrogen and oxygen atoms in total. The van der Waals surface area contributed by atoms with E-state index < -0.39 is 34.4 Å². The second kappa shape index (κ2) is 7.30. The maximum absolute atomic E-state index is 14.0. The summed E-state index contributed by atoms with van der Waals surface area (Å²) in [4.78, 5) is 16.2. The second-order valence-corrected chi connectivity index (χ2v) is 8.62. The average Bonchev–Trinajstić information content (AvgIpc) is 2.58. The molecule has 0 aliphatic carbocycles. The maximum Gasteiger partial charge on any atom is 0.410 e. The summed E-state index contributed by atoms with van der Waals surface area (Å²) in [5.74, 6) is -1.77. The molecule has 0 unspecified atom stereocenters. The van der Waals surface area contributed by atoms with Crippen molar-refractivity contribution < 1.29 is 23.0 Å². The number of morpholine rings is 1. The Labute approximate surface area is 163 Å². The normalized spacial score (nSPS) is 25.8. The van der Waals surface area contributed by atoms with Crippen LogP contribution in [0.4, 0.5) is 13.6 Å². The van der Waals surface area contributed by atoms with Gasteiger partial charge in [0.05, 0.1) is 18.2 Å². The number of halogens is 2. The fraction of sp³-hybridized carbons (Fsp3) is 0.600. The number of hydrogen-bond acceptors (Lipinski definition) is 5. The molecule has 0 radical (unpaired) electrons. The zero-order valence-electron chi connectivity index (χ0n) is 16.6. The van der Waals surface area contributed by atoms with Gasteiger partial charge in [-0.3, -0.25) is 4.90 Å². The number of carbonyl (C=O) groups is 1. The van der Waals surface area contributed by atoms with Gasteiger partial charge in [-0.05, 0) is 45.4 Å². The van der Waals surface area contributed by atoms with E-state index in [0.717, 1.165) is 12.1 Å². The van der Waals surface area contributed by atoms with Gasteiger partial charge in [0.1, 0.15) is 28.9 Å². The number of rotatable bonds is 1. The van der Waals surface area contributed by atoms with Crippen molar-refractivity contribution in [2.75, 3.05) is 32.8 Å². The lowest BCUT2D eigenvalue weighted by atomic mass is 9.93. The van der Waals surface area contributed by atoms with Crippen molar-refractivity contribution in [1.82, 2.24) is 9.80 Å². The first-order chi connectivity index (χ1) is 13.0. The quantitative estimate of drug-likeness (QED) is 0.733. The Morgan fingerprint density at radius 3 is 2.54 bits per heavy atom. The predicted octanol–water partition coefficient (Wildman–Crippen LogP) is 3.22. The number of fused-ring (bicyclic) bond motifs is 1. The van der Waals surface area contributed by atoms with Gasteiger partial charge in [0.25, 0.3) is 0 Å². The number of hydrogen-bond donors (Lipinski definition) is 0. The second-order valence-electron chi connectivity index (χ2n) is 8.62. The van der Waals surface area contributed by atoms with Crippen LogP contribution in [0.3, 0.4) is 0 Å². The van der Waals surface area contributed by atoms with E-state index in [1.165, 1.54) is 6.07 Å². The van der Waals surface area contributed by atoms with Crippen LogP contribution in [0, 0.1) is 23.0 Å². The zero-order valence-corrected chi connectivity index (χ0v) is 16.6. The largest absolute Gasteiger partial charge is 0.444 e. The van der Waals surface area contributed by atoms with E-state index in [4.69, 9.17) is 14.7 Å². The number of nitrogens with zero attached hydrogens (tertiary/aromatic N) is 3. The van der Waals surface area contributed by atoms with Gasteiger partial charge in [0.15, 0.2) is 0 Å². The molecule has 0 bridgehead atoms. The van der Waals surface area contributed by atoms with Gasteiger partial charge in [0, 0.05) is 26.2 Å². The van der Waals surface area contributed by atoms with Crippen LogP contribution in [-0.4, -0.2) is 59.8 Å². The first-order valence-corrected chi connectivity index (χ1v) is 9.26. The van der Waals surface area contributed by atoms with Gasteiger partial charge in [-0.1, -0.05) is 0 Å². The van der Waals surface area contributed by atoms with E-state index in [-0.39, 0.29) is 6.09 Å². The highest BCUT2D eigenvalue weighted by atomic mass is 19.1. The lowest BCUT2D eigenvalue weighted by Crippen LogP contribution is -2.67. The molecule has 0 saturated carbocycles. The molecule has 8 heteroatoms. The molecule has 2 heterocycles. The van der Waals surface area contributed by atoms with Gasteiger partial charge >= 0.3 is 6.09 Å². The van der Waals surface area contributed by atoms with Gasteiger partial charge in [-0.15, -0.1) is 0 Å². The summed E-state index contributed by atoms with van der Waals surface area (Å²) in [6.07, 6.45) is -0.857. The molecule has 2 aliphatic heterocycles. The van der Waals surface area contributed by atoms with E-state index in [1.54, 1.807) is 4.90 Å².